The second-order valence-electron chi connectivity index (χ2n) is 4.28. The number of oxime groups is 1. The first kappa shape index (κ1) is 23.3. The largest absolute Gasteiger partial charge is 0.750 e. The monoisotopic (exact) mass is 406 g/mol. The van der Waals surface area contributed by atoms with Gasteiger partial charge >= 0.3 is 16.3 Å². The summed E-state index contributed by atoms with van der Waals surface area (Å²) in [7, 11) is -3.75. The fraction of sp³-hybridized carbons (Fsp3) is 0.417. The molecule has 8 nitrogen and oxygen atoms in total. The minimum Gasteiger partial charge on any atom is -0.750 e. The molecule has 13 heteroatoms. The zero-order valence-corrected chi connectivity index (χ0v) is 14.7. The molecule has 1 aromatic carbocycles. The van der Waals surface area contributed by atoms with Gasteiger partial charge in [-0.15, -0.1) is 0 Å². The maximum absolute atomic E-state index is 12.4. The standard InChI is InChI=1S/C9H8F3NO4S.C3H8O3S/c1-18(15,16)17-7-4-2-6(3-5-7)8(13-14)9(10,11)12;1-2-3-6-7(4)5/h2-5,14H,1H3;2-3H2,1H3,(H,4,5)/p-1. The van der Waals surface area contributed by atoms with Crippen LogP contribution < -0.4 is 4.18 Å². The molecule has 0 aliphatic carbocycles. The number of hydrogen-bond donors (Lipinski definition) is 1. The van der Waals surface area contributed by atoms with E-state index in [0.717, 1.165) is 36.9 Å². The van der Waals surface area contributed by atoms with Gasteiger partial charge in [-0.25, -0.2) is 4.21 Å². The normalized spacial score (nSPS) is 13.6. The van der Waals surface area contributed by atoms with Crippen molar-refractivity contribution in [3.05, 3.63) is 29.8 Å². The van der Waals surface area contributed by atoms with E-state index in [4.69, 9.17) is 5.21 Å². The van der Waals surface area contributed by atoms with Gasteiger partial charge in [-0.1, -0.05) is 12.1 Å². The number of benzene rings is 1. The first-order valence-corrected chi connectivity index (χ1v) is 9.24. The second kappa shape index (κ2) is 10.3. The Morgan fingerprint density at radius 3 is 2.12 bits per heavy atom. The van der Waals surface area contributed by atoms with Crippen LogP contribution in [0.5, 0.6) is 5.75 Å². The molecule has 0 bridgehead atoms. The molecule has 0 aliphatic heterocycles. The summed E-state index contributed by atoms with van der Waals surface area (Å²) < 4.78 is 86.2. The molecule has 0 fully saturated rings. The van der Waals surface area contributed by atoms with Crippen LogP contribution in [-0.4, -0.2) is 47.1 Å². The van der Waals surface area contributed by atoms with E-state index in [1.807, 2.05) is 6.92 Å². The lowest BCUT2D eigenvalue weighted by Crippen LogP contribution is -2.24. The third-order valence-electron chi connectivity index (χ3n) is 2.13. The van der Waals surface area contributed by atoms with Crippen molar-refractivity contribution in [2.45, 2.75) is 19.5 Å². The van der Waals surface area contributed by atoms with Crippen molar-refractivity contribution in [1.29, 1.82) is 0 Å². The Labute approximate surface area is 144 Å². The van der Waals surface area contributed by atoms with Crippen LogP contribution in [0.1, 0.15) is 18.9 Å². The van der Waals surface area contributed by atoms with Crippen LogP contribution in [-0.2, 0) is 25.7 Å². The summed E-state index contributed by atoms with van der Waals surface area (Å²) in [5, 5.41) is 10.5. The van der Waals surface area contributed by atoms with Crippen LogP contribution in [0, 0.1) is 0 Å². The fourth-order valence-electron chi connectivity index (χ4n) is 1.27. The van der Waals surface area contributed by atoms with E-state index >= 15 is 0 Å². The predicted molar refractivity (Wildman–Crippen MR) is 81.5 cm³/mol. The summed E-state index contributed by atoms with van der Waals surface area (Å²) in [5.41, 5.74) is -1.89. The summed E-state index contributed by atoms with van der Waals surface area (Å²) in [6.45, 7) is 2.13. The molecule has 0 saturated carbocycles. The summed E-state index contributed by atoms with van der Waals surface area (Å²) in [5.74, 6) is -0.138. The number of nitrogens with zero attached hydrogens (tertiary/aromatic N) is 1. The first-order valence-electron chi connectivity index (χ1n) is 6.42. The number of hydrogen-bond acceptors (Lipinski definition) is 8. The lowest BCUT2D eigenvalue weighted by Gasteiger charge is -2.09. The van der Waals surface area contributed by atoms with Crippen LogP contribution in [0.2, 0.25) is 0 Å². The SMILES string of the molecule is CCCOS(=O)[O-].CS(=O)(=O)Oc1ccc(C(=NO)C(F)(F)F)cc1. The van der Waals surface area contributed by atoms with Crippen molar-refractivity contribution < 1.29 is 43.9 Å². The quantitative estimate of drug-likeness (QED) is 0.252. The van der Waals surface area contributed by atoms with E-state index < -0.39 is 38.9 Å². The molecule has 0 saturated heterocycles. The van der Waals surface area contributed by atoms with Gasteiger partial charge < -0.3 is 18.1 Å². The number of alkyl halides is 3. The Hall–Kier alpha value is -1.70. The molecule has 1 aromatic rings. The zero-order valence-electron chi connectivity index (χ0n) is 13.0. The third kappa shape index (κ3) is 10.7. The number of halogens is 3. The zero-order chi connectivity index (χ0) is 19.7. The molecule has 0 radical (unpaired) electrons. The van der Waals surface area contributed by atoms with Crippen molar-refractivity contribution in [1.82, 2.24) is 0 Å². The highest BCUT2D eigenvalue weighted by atomic mass is 32.2. The van der Waals surface area contributed by atoms with Crippen LogP contribution >= 0.6 is 0 Å². The molecule has 0 heterocycles. The maximum atomic E-state index is 12.4. The van der Waals surface area contributed by atoms with Crippen LogP contribution in [0.3, 0.4) is 0 Å². The Kier molecular flexibility index (Phi) is 9.62. The van der Waals surface area contributed by atoms with Gasteiger partial charge in [-0.05, 0) is 30.7 Å². The summed E-state index contributed by atoms with van der Waals surface area (Å²) in [6, 6.07) is 3.91. The van der Waals surface area contributed by atoms with E-state index in [2.05, 4.69) is 13.5 Å². The van der Waals surface area contributed by atoms with E-state index in [1.165, 1.54) is 0 Å². The third-order valence-corrected chi connectivity index (χ3v) is 2.98. The molecule has 0 spiro atoms. The van der Waals surface area contributed by atoms with Crippen LogP contribution in [0.25, 0.3) is 0 Å². The van der Waals surface area contributed by atoms with Crippen LogP contribution in [0.15, 0.2) is 29.4 Å². The lowest BCUT2D eigenvalue weighted by molar-refractivity contribution is -0.0601. The van der Waals surface area contributed by atoms with E-state index in [9.17, 15) is 30.4 Å². The van der Waals surface area contributed by atoms with Gasteiger partial charge in [0.2, 0.25) is 0 Å². The van der Waals surface area contributed by atoms with Gasteiger partial charge in [0, 0.05) is 5.56 Å². The van der Waals surface area contributed by atoms with Gasteiger partial charge in [0.1, 0.15) is 5.75 Å². The Morgan fingerprint density at radius 2 is 1.84 bits per heavy atom. The highest BCUT2D eigenvalue weighted by Crippen LogP contribution is 2.24. The second-order valence-corrected chi connectivity index (χ2v) is 6.50. The van der Waals surface area contributed by atoms with Crippen LogP contribution in [0.4, 0.5) is 13.2 Å². The van der Waals surface area contributed by atoms with Gasteiger partial charge in [-0.2, -0.15) is 21.6 Å². The average Bonchev–Trinajstić information content (AvgIpc) is 2.45. The summed E-state index contributed by atoms with van der Waals surface area (Å²) in [4.78, 5) is 0. The molecule has 1 rings (SSSR count). The van der Waals surface area contributed by atoms with Crippen molar-refractivity contribution in [3.63, 3.8) is 0 Å². The van der Waals surface area contributed by atoms with Gasteiger partial charge in [-0.3, -0.25) is 0 Å². The minimum atomic E-state index is -4.81. The van der Waals surface area contributed by atoms with Crippen molar-refractivity contribution >= 4 is 27.2 Å². The maximum Gasteiger partial charge on any atom is 0.437 e. The molecule has 0 aliphatic rings. The highest BCUT2D eigenvalue weighted by Gasteiger charge is 2.37. The molecule has 0 aromatic heterocycles. The van der Waals surface area contributed by atoms with E-state index in [-0.39, 0.29) is 12.4 Å². The molecule has 144 valence electrons. The molecular formula is C12H15F3NO7S2-. The van der Waals surface area contributed by atoms with Crippen molar-refractivity contribution in [3.8, 4) is 5.75 Å². The minimum absolute atomic E-state index is 0.138. The summed E-state index contributed by atoms with van der Waals surface area (Å²) >= 11 is -2.32. The van der Waals surface area contributed by atoms with Gasteiger partial charge in [0.15, 0.2) is 5.71 Å². The molecule has 25 heavy (non-hydrogen) atoms. The Balaban J connectivity index is 0.000000697. The topological polar surface area (TPSA) is 125 Å². The smallest absolute Gasteiger partial charge is 0.437 e. The molecule has 1 atom stereocenters. The van der Waals surface area contributed by atoms with Gasteiger partial charge in [0.05, 0.1) is 24.2 Å². The first-order chi connectivity index (χ1) is 11.4. The fourth-order valence-corrected chi connectivity index (χ4v) is 2.04. The molecule has 1 unspecified atom stereocenters. The van der Waals surface area contributed by atoms with Crippen molar-refractivity contribution in [2.24, 2.45) is 5.16 Å². The number of rotatable bonds is 6. The van der Waals surface area contributed by atoms with Gasteiger partial charge in [0.25, 0.3) is 0 Å². The van der Waals surface area contributed by atoms with Crippen molar-refractivity contribution in [2.75, 3.05) is 12.9 Å². The Bertz CT molecular complexity index is 688. The summed E-state index contributed by atoms with van der Waals surface area (Å²) in [6.07, 6.45) is -3.28. The molecular weight excluding hydrogens is 391 g/mol. The predicted octanol–water partition coefficient (Wildman–Crippen LogP) is 1.97. The Morgan fingerprint density at radius 1 is 1.32 bits per heavy atom. The van der Waals surface area contributed by atoms with E-state index in [0.29, 0.717) is 0 Å². The highest BCUT2D eigenvalue weighted by molar-refractivity contribution is 7.86. The van der Waals surface area contributed by atoms with E-state index in [1.54, 1.807) is 0 Å². The average molecular weight is 406 g/mol. The molecule has 1 N–H and O–H groups in total. The lowest BCUT2D eigenvalue weighted by atomic mass is 10.1. The molecule has 0 amide bonds.